The Labute approximate surface area is 117 Å². The van der Waals surface area contributed by atoms with Crippen molar-refractivity contribution in [2.24, 2.45) is 0 Å². The Morgan fingerprint density at radius 2 is 2.25 bits per heavy atom. The van der Waals surface area contributed by atoms with Crippen LogP contribution in [0.4, 0.5) is 0 Å². The van der Waals surface area contributed by atoms with Crippen LogP contribution in [-0.4, -0.2) is 39.7 Å². The van der Waals surface area contributed by atoms with Gasteiger partial charge >= 0.3 is 0 Å². The van der Waals surface area contributed by atoms with Crippen molar-refractivity contribution in [3.05, 3.63) is 29.7 Å². The maximum Gasteiger partial charge on any atom is 0.270 e. The number of carbonyl (C=O) groups is 1. The quantitative estimate of drug-likeness (QED) is 0.879. The van der Waals surface area contributed by atoms with E-state index in [9.17, 15) is 9.90 Å². The number of ether oxygens (including phenoxy) is 1. The van der Waals surface area contributed by atoms with Gasteiger partial charge in [0.25, 0.3) is 5.91 Å². The lowest BCUT2D eigenvalue weighted by molar-refractivity contribution is 0.0862. The molecule has 6 heteroatoms. The third-order valence-electron chi connectivity index (χ3n) is 3.07. The average Bonchev–Trinajstić information content (AvgIpc) is 2.74. The molecule has 0 bridgehead atoms. The van der Waals surface area contributed by atoms with E-state index < -0.39 is 5.54 Å². The number of pyridine rings is 1. The molecule has 0 atom stereocenters. The molecule has 0 aromatic carbocycles. The van der Waals surface area contributed by atoms with Crippen LogP contribution in [0.25, 0.3) is 5.65 Å². The largest absolute Gasteiger partial charge is 0.493 e. The molecular formula is C14H19N3O3. The minimum atomic E-state index is -0.688. The van der Waals surface area contributed by atoms with E-state index in [-0.39, 0.29) is 12.5 Å². The molecule has 0 aliphatic rings. The van der Waals surface area contributed by atoms with Crippen LogP contribution in [0.1, 0.15) is 30.0 Å². The number of aliphatic hydroxyl groups is 1. The van der Waals surface area contributed by atoms with Crippen molar-refractivity contribution in [3.63, 3.8) is 0 Å². The minimum Gasteiger partial charge on any atom is -0.493 e. The van der Waals surface area contributed by atoms with Gasteiger partial charge in [-0.15, -0.1) is 0 Å². The topological polar surface area (TPSA) is 75.9 Å². The standard InChI is InChI=1S/C14H19N3O3/c1-9-11(13(19)16-14(2,3)8-18)17-7-5-6-10(20-4)12(17)15-9/h5-7,18H,8H2,1-4H3,(H,16,19). The summed E-state index contributed by atoms with van der Waals surface area (Å²) in [6.07, 6.45) is 1.76. The fourth-order valence-corrected chi connectivity index (χ4v) is 1.99. The SMILES string of the molecule is COc1cccn2c(C(=O)NC(C)(C)CO)c(C)nc12. The summed E-state index contributed by atoms with van der Waals surface area (Å²) in [5.41, 5.74) is 0.965. The lowest BCUT2D eigenvalue weighted by atomic mass is 10.1. The van der Waals surface area contributed by atoms with Gasteiger partial charge < -0.3 is 15.2 Å². The van der Waals surface area contributed by atoms with E-state index in [1.807, 2.05) is 0 Å². The second kappa shape index (κ2) is 5.13. The van der Waals surface area contributed by atoms with Crippen molar-refractivity contribution in [2.45, 2.75) is 26.3 Å². The van der Waals surface area contributed by atoms with Gasteiger partial charge in [-0.1, -0.05) is 0 Å². The van der Waals surface area contributed by atoms with Crippen LogP contribution < -0.4 is 10.1 Å². The Balaban J connectivity index is 2.50. The molecule has 2 heterocycles. The highest BCUT2D eigenvalue weighted by atomic mass is 16.5. The summed E-state index contributed by atoms with van der Waals surface area (Å²) >= 11 is 0. The number of aryl methyl sites for hydroxylation is 1. The normalized spacial score (nSPS) is 11.7. The van der Waals surface area contributed by atoms with Crippen LogP contribution in [0.2, 0.25) is 0 Å². The maximum atomic E-state index is 12.4. The van der Waals surface area contributed by atoms with E-state index in [0.717, 1.165) is 0 Å². The number of amides is 1. The van der Waals surface area contributed by atoms with Gasteiger partial charge in [0.15, 0.2) is 11.4 Å². The van der Waals surface area contributed by atoms with Crippen molar-refractivity contribution in [1.29, 1.82) is 0 Å². The number of rotatable bonds is 4. The van der Waals surface area contributed by atoms with Gasteiger partial charge in [0.05, 0.1) is 24.9 Å². The molecule has 0 aliphatic heterocycles. The zero-order valence-electron chi connectivity index (χ0n) is 12.1. The van der Waals surface area contributed by atoms with Crippen molar-refractivity contribution < 1.29 is 14.6 Å². The number of nitrogens with zero attached hydrogens (tertiary/aromatic N) is 2. The number of nitrogens with one attached hydrogen (secondary N) is 1. The average molecular weight is 277 g/mol. The Bertz CT molecular complexity index is 646. The fraction of sp³-hybridized carbons (Fsp3) is 0.429. The lowest BCUT2D eigenvalue weighted by Crippen LogP contribution is -2.46. The molecule has 2 N–H and O–H groups in total. The molecule has 2 aromatic rings. The fourth-order valence-electron chi connectivity index (χ4n) is 1.99. The van der Waals surface area contributed by atoms with E-state index >= 15 is 0 Å². The highest BCUT2D eigenvalue weighted by molar-refractivity contribution is 5.95. The first-order valence-corrected chi connectivity index (χ1v) is 6.34. The van der Waals surface area contributed by atoms with Crippen molar-refractivity contribution in [2.75, 3.05) is 13.7 Å². The summed E-state index contributed by atoms with van der Waals surface area (Å²) < 4.78 is 6.93. The first kappa shape index (κ1) is 14.3. The second-order valence-corrected chi connectivity index (χ2v) is 5.31. The molecule has 1 amide bonds. The molecule has 6 nitrogen and oxygen atoms in total. The lowest BCUT2D eigenvalue weighted by Gasteiger charge is -2.23. The summed E-state index contributed by atoms with van der Waals surface area (Å²) in [5.74, 6) is 0.332. The maximum absolute atomic E-state index is 12.4. The summed E-state index contributed by atoms with van der Waals surface area (Å²) in [5, 5.41) is 12.0. The van der Waals surface area contributed by atoms with Crippen LogP contribution in [-0.2, 0) is 0 Å². The van der Waals surface area contributed by atoms with Gasteiger partial charge in [-0.25, -0.2) is 4.98 Å². The number of methoxy groups -OCH3 is 1. The van der Waals surface area contributed by atoms with Crippen LogP contribution in [0.3, 0.4) is 0 Å². The van der Waals surface area contributed by atoms with E-state index in [2.05, 4.69) is 10.3 Å². The number of carbonyl (C=O) groups excluding carboxylic acids is 1. The molecule has 0 spiro atoms. The number of fused-ring (bicyclic) bond motifs is 1. The zero-order chi connectivity index (χ0) is 14.9. The van der Waals surface area contributed by atoms with E-state index in [1.165, 1.54) is 0 Å². The van der Waals surface area contributed by atoms with Crippen molar-refractivity contribution in [1.82, 2.24) is 14.7 Å². The Kier molecular flexibility index (Phi) is 3.67. The molecule has 0 unspecified atom stereocenters. The van der Waals surface area contributed by atoms with Crippen molar-refractivity contribution >= 4 is 11.6 Å². The van der Waals surface area contributed by atoms with Crippen LogP contribution in [0, 0.1) is 6.92 Å². The molecule has 2 rings (SSSR count). The van der Waals surface area contributed by atoms with E-state index in [1.54, 1.807) is 50.6 Å². The summed E-state index contributed by atoms with van der Waals surface area (Å²) in [6.45, 7) is 5.14. The van der Waals surface area contributed by atoms with Gasteiger partial charge in [0.2, 0.25) is 0 Å². The smallest absolute Gasteiger partial charge is 0.270 e. The van der Waals surface area contributed by atoms with E-state index in [4.69, 9.17) is 4.74 Å². The first-order valence-electron chi connectivity index (χ1n) is 6.34. The minimum absolute atomic E-state index is 0.141. The Hall–Kier alpha value is -2.08. The molecule has 0 aliphatic carbocycles. The molecule has 0 saturated heterocycles. The predicted molar refractivity (Wildman–Crippen MR) is 75.1 cm³/mol. The number of aromatic nitrogens is 2. The van der Waals surface area contributed by atoms with Crippen LogP contribution in [0.15, 0.2) is 18.3 Å². The molecule has 0 saturated carbocycles. The number of imidazole rings is 1. The second-order valence-electron chi connectivity index (χ2n) is 5.31. The highest BCUT2D eigenvalue weighted by Gasteiger charge is 2.24. The molecule has 108 valence electrons. The Morgan fingerprint density at radius 1 is 1.55 bits per heavy atom. The molecule has 0 radical (unpaired) electrons. The van der Waals surface area contributed by atoms with Crippen LogP contribution in [0.5, 0.6) is 5.75 Å². The van der Waals surface area contributed by atoms with Crippen molar-refractivity contribution in [3.8, 4) is 5.75 Å². The summed E-state index contributed by atoms with van der Waals surface area (Å²) in [6, 6.07) is 3.59. The predicted octanol–water partition coefficient (Wildman–Crippen LogP) is 1.15. The van der Waals surface area contributed by atoms with E-state index in [0.29, 0.717) is 22.8 Å². The summed E-state index contributed by atoms with van der Waals surface area (Å²) in [4.78, 5) is 16.8. The molecule has 20 heavy (non-hydrogen) atoms. The highest BCUT2D eigenvalue weighted by Crippen LogP contribution is 2.21. The number of hydrogen-bond acceptors (Lipinski definition) is 4. The van der Waals surface area contributed by atoms with Gasteiger partial charge in [-0.3, -0.25) is 9.20 Å². The van der Waals surface area contributed by atoms with Gasteiger partial charge in [0, 0.05) is 6.20 Å². The first-order chi connectivity index (χ1) is 9.39. The van der Waals surface area contributed by atoms with Gasteiger partial charge in [-0.05, 0) is 32.9 Å². The zero-order valence-corrected chi connectivity index (χ0v) is 12.1. The molecular weight excluding hydrogens is 258 g/mol. The third-order valence-corrected chi connectivity index (χ3v) is 3.07. The van der Waals surface area contributed by atoms with Gasteiger partial charge in [0.1, 0.15) is 5.69 Å². The monoisotopic (exact) mass is 277 g/mol. The third kappa shape index (κ3) is 2.46. The Morgan fingerprint density at radius 3 is 2.85 bits per heavy atom. The number of hydrogen-bond donors (Lipinski definition) is 2. The molecule has 0 fully saturated rings. The number of aliphatic hydroxyl groups excluding tert-OH is 1. The molecule has 2 aromatic heterocycles. The summed E-state index contributed by atoms with van der Waals surface area (Å²) in [7, 11) is 1.56. The van der Waals surface area contributed by atoms with Gasteiger partial charge in [-0.2, -0.15) is 0 Å². The van der Waals surface area contributed by atoms with Crippen LogP contribution >= 0.6 is 0 Å².